The maximum atomic E-state index is 12.0. The molecule has 0 saturated carbocycles. The normalized spacial score (nSPS) is 10.5. The molecule has 0 unspecified atom stereocenters. The van der Waals surface area contributed by atoms with Crippen molar-refractivity contribution in [2.75, 3.05) is 7.11 Å². The zero-order valence-electron chi connectivity index (χ0n) is 13.8. The van der Waals surface area contributed by atoms with Crippen molar-refractivity contribution in [3.05, 3.63) is 77.9 Å². The SMILES string of the molecule is COc1ccc2cc(CNC(=O)CCc3ccccc3)ccc2c1. The maximum Gasteiger partial charge on any atom is 0.220 e. The molecule has 3 heteroatoms. The lowest BCUT2D eigenvalue weighted by atomic mass is 10.1. The summed E-state index contributed by atoms with van der Waals surface area (Å²) >= 11 is 0. The average molecular weight is 319 g/mol. The predicted molar refractivity (Wildman–Crippen MR) is 97.1 cm³/mol. The number of methoxy groups -OCH3 is 1. The first-order chi connectivity index (χ1) is 11.7. The van der Waals surface area contributed by atoms with E-state index in [2.05, 4.69) is 17.4 Å². The number of nitrogens with one attached hydrogen (secondary N) is 1. The zero-order chi connectivity index (χ0) is 16.8. The molecule has 1 N–H and O–H groups in total. The van der Waals surface area contributed by atoms with E-state index >= 15 is 0 Å². The second-order valence-corrected chi connectivity index (χ2v) is 5.81. The molecule has 0 atom stereocenters. The van der Waals surface area contributed by atoms with E-state index in [1.54, 1.807) is 7.11 Å². The Morgan fingerprint density at radius 2 is 1.67 bits per heavy atom. The number of carbonyl (C=O) groups is 1. The fourth-order valence-electron chi connectivity index (χ4n) is 2.70. The van der Waals surface area contributed by atoms with Crippen molar-refractivity contribution in [3.63, 3.8) is 0 Å². The minimum absolute atomic E-state index is 0.0775. The Labute approximate surface area is 142 Å². The molecule has 0 aliphatic heterocycles. The third-order valence-corrected chi connectivity index (χ3v) is 4.09. The molecule has 0 saturated heterocycles. The molecule has 0 aromatic heterocycles. The van der Waals surface area contributed by atoms with Gasteiger partial charge in [0.05, 0.1) is 7.11 Å². The monoisotopic (exact) mass is 319 g/mol. The third-order valence-electron chi connectivity index (χ3n) is 4.09. The molecule has 3 nitrogen and oxygen atoms in total. The van der Waals surface area contributed by atoms with Gasteiger partial charge in [-0.3, -0.25) is 4.79 Å². The zero-order valence-corrected chi connectivity index (χ0v) is 13.8. The van der Waals surface area contributed by atoms with Crippen LogP contribution in [0.25, 0.3) is 10.8 Å². The van der Waals surface area contributed by atoms with Crippen molar-refractivity contribution in [1.29, 1.82) is 0 Å². The van der Waals surface area contributed by atoms with Crippen LogP contribution in [0.4, 0.5) is 0 Å². The van der Waals surface area contributed by atoms with E-state index in [0.29, 0.717) is 13.0 Å². The van der Waals surface area contributed by atoms with Crippen LogP contribution in [-0.4, -0.2) is 13.0 Å². The van der Waals surface area contributed by atoms with E-state index < -0.39 is 0 Å². The van der Waals surface area contributed by atoms with E-state index in [-0.39, 0.29) is 5.91 Å². The highest BCUT2D eigenvalue weighted by molar-refractivity contribution is 5.84. The minimum atomic E-state index is 0.0775. The molecule has 3 aromatic carbocycles. The molecule has 0 aliphatic carbocycles. The fraction of sp³-hybridized carbons (Fsp3) is 0.190. The summed E-state index contributed by atoms with van der Waals surface area (Å²) in [6, 6.07) is 22.3. The van der Waals surface area contributed by atoms with Gasteiger partial charge in [0.15, 0.2) is 0 Å². The van der Waals surface area contributed by atoms with Crippen molar-refractivity contribution in [3.8, 4) is 5.75 Å². The Morgan fingerprint density at radius 3 is 2.46 bits per heavy atom. The molecule has 0 radical (unpaired) electrons. The smallest absolute Gasteiger partial charge is 0.220 e. The molecule has 1 amide bonds. The van der Waals surface area contributed by atoms with E-state index in [4.69, 9.17) is 4.74 Å². The van der Waals surface area contributed by atoms with Crippen LogP contribution in [0.15, 0.2) is 66.7 Å². The first-order valence-electron chi connectivity index (χ1n) is 8.12. The van der Waals surface area contributed by atoms with Crippen LogP contribution >= 0.6 is 0 Å². The van der Waals surface area contributed by atoms with Crippen molar-refractivity contribution in [1.82, 2.24) is 5.32 Å². The van der Waals surface area contributed by atoms with Crippen LogP contribution in [0.1, 0.15) is 17.5 Å². The topological polar surface area (TPSA) is 38.3 Å². The second-order valence-electron chi connectivity index (χ2n) is 5.81. The predicted octanol–water partition coefficient (Wildman–Crippen LogP) is 4.10. The molecule has 3 aromatic rings. The van der Waals surface area contributed by atoms with E-state index in [1.165, 1.54) is 5.56 Å². The van der Waals surface area contributed by atoms with E-state index in [9.17, 15) is 4.79 Å². The van der Waals surface area contributed by atoms with Gasteiger partial charge in [0, 0.05) is 13.0 Å². The summed E-state index contributed by atoms with van der Waals surface area (Å²) in [4.78, 5) is 12.0. The average Bonchev–Trinajstić information content (AvgIpc) is 2.65. The summed E-state index contributed by atoms with van der Waals surface area (Å²) < 4.78 is 5.24. The molecular formula is C21H21NO2. The number of benzene rings is 3. The van der Waals surface area contributed by atoms with Gasteiger partial charge in [0.1, 0.15) is 5.75 Å². The molecule has 0 fully saturated rings. The maximum absolute atomic E-state index is 12.0. The largest absolute Gasteiger partial charge is 0.497 e. The van der Waals surface area contributed by atoms with Crippen molar-refractivity contribution in [2.45, 2.75) is 19.4 Å². The highest BCUT2D eigenvalue weighted by Crippen LogP contribution is 2.21. The summed E-state index contributed by atoms with van der Waals surface area (Å²) in [5, 5.41) is 5.27. The Morgan fingerprint density at radius 1 is 0.917 bits per heavy atom. The minimum Gasteiger partial charge on any atom is -0.497 e. The molecule has 0 bridgehead atoms. The van der Waals surface area contributed by atoms with Crippen LogP contribution in [0.2, 0.25) is 0 Å². The van der Waals surface area contributed by atoms with Crippen molar-refractivity contribution >= 4 is 16.7 Å². The Kier molecular flexibility index (Phi) is 5.12. The summed E-state index contributed by atoms with van der Waals surface area (Å²) in [7, 11) is 1.67. The van der Waals surface area contributed by atoms with Gasteiger partial charge in [-0.05, 0) is 46.5 Å². The lowest BCUT2D eigenvalue weighted by Gasteiger charge is -2.08. The van der Waals surface area contributed by atoms with Crippen LogP contribution in [0, 0.1) is 0 Å². The number of amides is 1. The lowest BCUT2D eigenvalue weighted by Crippen LogP contribution is -2.22. The van der Waals surface area contributed by atoms with Gasteiger partial charge in [0.2, 0.25) is 5.91 Å². The van der Waals surface area contributed by atoms with Crippen LogP contribution < -0.4 is 10.1 Å². The molecule has 0 aliphatic rings. The van der Waals surface area contributed by atoms with Crippen molar-refractivity contribution < 1.29 is 9.53 Å². The van der Waals surface area contributed by atoms with Crippen molar-refractivity contribution in [2.24, 2.45) is 0 Å². The number of aryl methyl sites for hydroxylation is 1. The first-order valence-corrected chi connectivity index (χ1v) is 8.12. The first kappa shape index (κ1) is 16.1. The fourth-order valence-corrected chi connectivity index (χ4v) is 2.70. The number of ether oxygens (including phenoxy) is 1. The molecule has 122 valence electrons. The van der Waals surface area contributed by atoms with Gasteiger partial charge in [-0.2, -0.15) is 0 Å². The number of rotatable bonds is 6. The highest BCUT2D eigenvalue weighted by Gasteiger charge is 2.03. The van der Waals surface area contributed by atoms with Crippen LogP contribution in [0.3, 0.4) is 0 Å². The molecule has 24 heavy (non-hydrogen) atoms. The Hall–Kier alpha value is -2.81. The number of carbonyl (C=O) groups excluding carboxylic acids is 1. The van der Waals surface area contributed by atoms with E-state index in [1.807, 2.05) is 54.6 Å². The van der Waals surface area contributed by atoms with Crippen LogP contribution in [0.5, 0.6) is 5.75 Å². The van der Waals surface area contributed by atoms with Gasteiger partial charge >= 0.3 is 0 Å². The summed E-state index contributed by atoms with van der Waals surface area (Å²) in [6.45, 7) is 0.551. The Balaban J connectivity index is 1.56. The summed E-state index contributed by atoms with van der Waals surface area (Å²) in [6.07, 6.45) is 1.28. The number of hydrogen-bond acceptors (Lipinski definition) is 2. The Bertz CT molecular complexity index is 828. The third kappa shape index (κ3) is 4.13. The van der Waals surface area contributed by atoms with Crippen LogP contribution in [-0.2, 0) is 17.8 Å². The van der Waals surface area contributed by atoms with E-state index in [0.717, 1.165) is 28.5 Å². The summed E-state index contributed by atoms with van der Waals surface area (Å²) in [5.74, 6) is 0.929. The standard InChI is InChI=1S/C21H21NO2/c1-24-20-11-10-18-13-17(7-9-19(18)14-20)15-22-21(23)12-8-16-5-3-2-4-6-16/h2-7,9-11,13-14H,8,12,15H2,1H3,(H,22,23). The molecule has 0 spiro atoms. The van der Waals surface area contributed by atoms with Gasteiger partial charge < -0.3 is 10.1 Å². The number of hydrogen-bond donors (Lipinski definition) is 1. The molecule has 0 heterocycles. The second kappa shape index (κ2) is 7.64. The van der Waals surface area contributed by atoms with Gasteiger partial charge in [-0.1, -0.05) is 48.5 Å². The van der Waals surface area contributed by atoms with Gasteiger partial charge in [0.25, 0.3) is 0 Å². The van der Waals surface area contributed by atoms with Gasteiger partial charge in [-0.15, -0.1) is 0 Å². The highest BCUT2D eigenvalue weighted by atomic mass is 16.5. The summed E-state index contributed by atoms with van der Waals surface area (Å²) in [5.41, 5.74) is 2.29. The van der Waals surface area contributed by atoms with Gasteiger partial charge in [-0.25, -0.2) is 0 Å². The molecule has 3 rings (SSSR count). The number of fused-ring (bicyclic) bond motifs is 1. The lowest BCUT2D eigenvalue weighted by molar-refractivity contribution is -0.121. The quantitative estimate of drug-likeness (QED) is 0.743. The molecular weight excluding hydrogens is 298 g/mol.